The number of pyridine rings is 1. The van der Waals surface area contributed by atoms with E-state index in [1.54, 1.807) is 0 Å². The highest BCUT2D eigenvalue weighted by Crippen LogP contribution is 2.30. The van der Waals surface area contributed by atoms with Crippen molar-refractivity contribution in [2.24, 2.45) is 7.05 Å². The molecular formula is C15H14ClN3. The third kappa shape index (κ3) is 2.06. The first-order valence-electron chi connectivity index (χ1n) is 6.06. The van der Waals surface area contributed by atoms with Gasteiger partial charge in [0, 0.05) is 42.6 Å². The lowest BCUT2D eigenvalue weighted by Crippen LogP contribution is -2.11. The molecule has 3 aromatic rings. The number of fused-ring (bicyclic) bond motifs is 1. The topological polar surface area (TPSA) is 21.1 Å². The molecule has 0 radical (unpaired) electrons. The van der Waals surface area contributed by atoms with Crippen LogP contribution in [0.2, 0.25) is 5.02 Å². The van der Waals surface area contributed by atoms with Crippen LogP contribution < -0.4 is 4.90 Å². The van der Waals surface area contributed by atoms with Crippen molar-refractivity contribution in [1.29, 1.82) is 0 Å². The lowest BCUT2D eigenvalue weighted by molar-refractivity contribution is 0.967. The second-order valence-corrected chi connectivity index (χ2v) is 4.97. The fourth-order valence-corrected chi connectivity index (χ4v) is 2.45. The molecule has 3 nitrogen and oxygen atoms in total. The summed E-state index contributed by atoms with van der Waals surface area (Å²) in [6.45, 7) is 0. The lowest BCUT2D eigenvalue weighted by atomic mass is 10.2. The molecule has 3 rings (SSSR count). The van der Waals surface area contributed by atoms with Gasteiger partial charge >= 0.3 is 0 Å². The molecule has 0 saturated carbocycles. The van der Waals surface area contributed by atoms with E-state index in [0.29, 0.717) is 0 Å². The number of benzene rings is 1. The fraction of sp³-hybridized carbons (Fsp3) is 0.133. The summed E-state index contributed by atoms with van der Waals surface area (Å²) < 4.78 is 2.09. The molecule has 0 unspecified atom stereocenters. The van der Waals surface area contributed by atoms with E-state index in [4.69, 9.17) is 11.6 Å². The second-order valence-electron chi connectivity index (χ2n) is 4.53. The largest absolute Gasteiger partial charge is 0.350 e. The van der Waals surface area contributed by atoms with E-state index in [9.17, 15) is 0 Å². The summed E-state index contributed by atoms with van der Waals surface area (Å²) >= 11 is 6.05. The van der Waals surface area contributed by atoms with Crippen molar-refractivity contribution < 1.29 is 0 Å². The van der Waals surface area contributed by atoms with Crippen LogP contribution in [-0.2, 0) is 7.05 Å². The monoisotopic (exact) mass is 271 g/mol. The summed E-state index contributed by atoms with van der Waals surface area (Å²) in [5, 5.41) is 1.86. The van der Waals surface area contributed by atoms with E-state index in [0.717, 1.165) is 21.9 Å². The van der Waals surface area contributed by atoms with Crippen LogP contribution in [0.25, 0.3) is 10.9 Å². The zero-order valence-electron chi connectivity index (χ0n) is 10.8. The third-order valence-corrected chi connectivity index (χ3v) is 3.54. The van der Waals surface area contributed by atoms with Gasteiger partial charge in [-0.2, -0.15) is 0 Å². The Morgan fingerprint density at radius 3 is 2.84 bits per heavy atom. The van der Waals surface area contributed by atoms with Crippen molar-refractivity contribution in [3.05, 3.63) is 53.8 Å². The molecule has 0 fully saturated rings. The molecule has 0 atom stereocenters. The number of nitrogens with zero attached hydrogens (tertiary/aromatic N) is 3. The average molecular weight is 272 g/mol. The number of aryl methyl sites for hydroxylation is 1. The van der Waals surface area contributed by atoms with Crippen LogP contribution in [0.4, 0.5) is 11.5 Å². The molecular weight excluding hydrogens is 258 g/mol. The Labute approximate surface area is 117 Å². The van der Waals surface area contributed by atoms with Crippen LogP contribution in [0.3, 0.4) is 0 Å². The van der Waals surface area contributed by atoms with Gasteiger partial charge in [0.15, 0.2) is 0 Å². The molecule has 0 N–H and O–H groups in total. The number of aromatic nitrogens is 2. The van der Waals surface area contributed by atoms with Gasteiger partial charge < -0.3 is 9.47 Å². The summed E-state index contributed by atoms with van der Waals surface area (Å²) in [5.74, 6) is 0.931. The number of hydrogen-bond donors (Lipinski definition) is 0. The Morgan fingerprint density at radius 2 is 2.05 bits per heavy atom. The zero-order valence-corrected chi connectivity index (χ0v) is 11.6. The van der Waals surface area contributed by atoms with Crippen LogP contribution in [0, 0.1) is 0 Å². The number of halogens is 1. The highest BCUT2D eigenvalue weighted by atomic mass is 35.5. The Hall–Kier alpha value is -2.00. The van der Waals surface area contributed by atoms with E-state index < -0.39 is 0 Å². The highest BCUT2D eigenvalue weighted by Gasteiger charge is 2.11. The minimum absolute atomic E-state index is 0.726. The van der Waals surface area contributed by atoms with Gasteiger partial charge in [-0.3, -0.25) is 0 Å². The van der Waals surface area contributed by atoms with Gasteiger partial charge in [0.25, 0.3) is 0 Å². The van der Waals surface area contributed by atoms with Crippen LogP contribution in [0.1, 0.15) is 0 Å². The maximum absolute atomic E-state index is 6.05. The van der Waals surface area contributed by atoms with Gasteiger partial charge in [0.1, 0.15) is 5.82 Å². The Morgan fingerprint density at radius 1 is 1.21 bits per heavy atom. The van der Waals surface area contributed by atoms with Crippen LogP contribution in [-0.4, -0.2) is 16.6 Å². The predicted octanol–water partition coefficient (Wildman–Crippen LogP) is 3.99. The van der Waals surface area contributed by atoms with Gasteiger partial charge in [-0.15, -0.1) is 0 Å². The van der Waals surface area contributed by atoms with E-state index in [1.165, 1.54) is 5.52 Å². The predicted molar refractivity (Wildman–Crippen MR) is 80.2 cm³/mol. The molecule has 0 aliphatic rings. The van der Waals surface area contributed by atoms with E-state index in [2.05, 4.69) is 15.6 Å². The number of hydrogen-bond acceptors (Lipinski definition) is 2. The standard InChI is InChI=1S/C15H14ClN3/c1-18-9-7-13-14(18)6-8-17-15(13)19(2)12-5-3-4-11(16)10-12/h3-10H,1-2H3. The molecule has 0 aliphatic heterocycles. The summed E-state index contributed by atoms with van der Waals surface area (Å²) in [6.07, 6.45) is 3.88. The van der Waals surface area contributed by atoms with Crippen molar-refractivity contribution in [3.8, 4) is 0 Å². The van der Waals surface area contributed by atoms with E-state index >= 15 is 0 Å². The SMILES string of the molecule is CN(c1cccc(Cl)c1)c1nccc2c1ccn2C. The third-order valence-electron chi connectivity index (χ3n) is 3.30. The summed E-state index contributed by atoms with van der Waals surface area (Å²) in [5.41, 5.74) is 2.19. The minimum atomic E-state index is 0.726. The van der Waals surface area contributed by atoms with Gasteiger partial charge in [-0.25, -0.2) is 4.98 Å². The lowest BCUT2D eigenvalue weighted by Gasteiger charge is -2.19. The van der Waals surface area contributed by atoms with Gasteiger partial charge in [-0.05, 0) is 30.3 Å². The summed E-state index contributed by atoms with van der Waals surface area (Å²) in [4.78, 5) is 6.55. The van der Waals surface area contributed by atoms with Gasteiger partial charge in [-0.1, -0.05) is 17.7 Å². The molecule has 0 bridgehead atoms. The van der Waals surface area contributed by atoms with Crippen molar-refractivity contribution >= 4 is 34.0 Å². The van der Waals surface area contributed by atoms with Crippen LogP contribution in [0.5, 0.6) is 0 Å². The normalized spacial score (nSPS) is 10.9. The zero-order chi connectivity index (χ0) is 13.4. The molecule has 0 aliphatic carbocycles. The average Bonchev–Trinajstić information content (AvgIpc) is 2.80. The van der Waals surface area contributed by atoms with Crippen molar-refractivity contribution in [2.75, 3.05) is 11.9 Å². The van der Waals surface area contributed by atoms with Gasteiger partial charge in [0.05, 0.1) is 5.52 Å². The smallest absolute Gasteiger partial charge is 0.142 e. The first-order chi connectivity index (χ1) is 9.16. The molecule has 0 amide bonds. The van der Waals surface area contributed by atoms with Crippen molar-refractivity contribution in [2.45, 2.75) is 0 Å². The second kappa shape index (κ2) is 4.59. The quantitative estimate of drug-likeness (QED) is 0.703. The molecule has 0 saturated heterocycles. The molecule has 19 heavy (non-hydrogen) atoms. The van der Waals surface area contributed by atoms with Crippen LogP contribution >= 0.6 is 11.6 Å². The first kappa shape index (κ1) is 12.1. The van der Waals surface area contributed by atoms with Crippen molar-refractivity contribution in [3.63, 3.8) is 0 Å². The van der Waals surface area contributed by atoms with Crippen LogP contribution in [0.15, 0.2) is 48.8 Å². The Kier molecular flexibility index (Phi) is 2.91. The molecule has 1 aromatic carbocycles. The highest BCUT2D eigenvalue weighted by molar-refractivity contribution is 6.30. The van der Waals surface area contributed by atoms with E-state index in [1.807, 2.05) is 61.7 Å². The number of anilines is 2. The number of rotatable bonds is 2. The Balaban J connectivity index is 2.14. The molecule has 2 aromatic heterocycles. The molecule has 2 heterocycles. The maximum atomic E-state index is 6.05. The maximum Gasteiger partial charge on any atom is 0.142 e. The molecule has 96 valence electrons. The van der Waals surface area contributed by atoms with Gasteiger partial charge in [0.2, 0.25) is 0 Å². The molecule has 0 spiro atoms. The molecule has 4 heteroatoms. The minimum Gasteiger partial charge on any atom is -0.350 e. The fourth-order valence-electron chi connectivity index (χ4n) is 2.26. The van der Waals surface area contributed by atoms with E-state index in [-0.39, 0.29) is 0 Å². The first-order valence-corrected chi connectivity index (χ1v) is 6.44. The summed E-state index contributed by atoms with van der Waals surface area (Å²) in [7, 11) is 4.03. The van der Waals surface area contributed by atoms with Crippen molar-refractivity contribution in [1.82, 2.24) is 9.55 Å². The Bertz CT molecular complexity index is 733. The summed E-state index contributed by atoms with van der Waals surface area (Å²) in [6, 6.07) is 11.9.